The smallest absolute Gasteiger partial charge is 0.232 e. The average Bonchev–Trinajstić information content (AvgIpc) is 2.85. The van der Waals surface area contributed by atoms with Crippen molar-refractivity contribution in [3.63, 3.8) is 0 Å². The molecule has 0 saturated carbocycles. The lowest BCUT2D eigenvalue weighted by Gasteiger charge is -2.19. The molecule has 2 heterocycles. The number of fused-ring (bicyclic) bond motifs is 1. The van der Waals surface area contributed by atoms with Gasteiger partial charge in [0.15, 0.2) is 11.5 Å². The number of benzene rings is 1. The summed E-state index contributed by atoms with van der Waals surface area (Å²) < 4.78 is 5.69. The van der Waals surface area contributed by atoms with Crippen LogP contribution in [0.2, 0.25) is 0 Å². The van der Waals surface area contributed by atoms with Gasteiger partial charge in [0.05, 0.1) is 12.3 Å². The number of nitrogens with zero attached hydrogens (tertiary/aromatic N) is 2. The maximum atomic E-state index is 12.4. The van der Waals surface area contributed by atoms with Crippen molar-refractivity contribution in [3.8, 4) is 22.6 Å². The molecule has 0 aliphatic carbocycles. The van der Waals surface area contributed by atoms with Crippen LogP contribution in [0.3, 0.4) is 0 Å². The van der Waals surface area contributed by atoms with Gasteiger partial charge in [0.2, 0.25) is 5.91 Å². The molecule has 1 amide bonds. The standard InChI is InChI=1S/C19H20N2O3S/c1-2-8-25-13-18(23)21-6-7-24-19-16(12-21)9-15(10-17(19)22)14-4-3-5-20-11-14/h2-5,9-11,22H,1,6-8,12-13H2. The lowest BCUT2D eigenvalue weighted by atomic mass is 10.0. The lowest BCUT2D eigenvalue weighted by Crippen LogP contribution is -2.33. The first-order valence-electron chi connectivity index (χ1n) is 8.04. The molecule has 0 radical (unpaired) electrons. The predicted molar refractivity (Wildman–Crippen MR) is 99.8 cm³/mol. The van der Waals surface area contributed by atoms with E-state index >= 15 is 0 Å². The summed E-state index contributed by atoms with van der Waals surface area (Å²) in [5, 5.41) is 10.4. The second-order valence-corrected chi connectivity index (χ2v) is 6.72. The Balaban J connectivity index is 1.85. The number of phenols is 1. The minimum absolute atomic E-state index is 0.0644. The van der Waals surface area contributed by atoms with E-state index in [4.69, 9.17) is 4.74 Å². The van der Waals surface area contributed by atoms with Gasteiger partial charge in [0.25, 0.3) is 0 Å². The van der Waals surface area contributed by atoms with Gasteiger partial charge in [-0.25, -0.2) is 0 Å². The van der Waals surface area contributed by atoms with E-state index in [1.54, 1.807) is 29.4 Å². The van der Waals surface area contributed by atoms with Crippen molar-refractivity contribution in [1.82, 2.24) is 9.88 Å². The topological polar surface area (TPSA) is 62.7 Å². The Bertz CT molecular complexity index is 765. The van der Waals surface area contributed by atoms with Crippen molar-refractivity contribution >= 4 is 17.7 Å². The van der Waals surface area contributed by atoms with Crippen molar-refractivity contribution in [3.05, 3.63) is 54.9 Å². The Hall–Kier alpha value is -2.47. The number of amides is 1. The number of phenolic OH excluding ortho intramolecular Hbond substituents is 1. The summed E-state index contributed by atoms with van der Waals surface area (Å²) in [5.74, 6) is 1.77. The van der Waals surface area contributed by atoms with Crippen LogP contribution in [0, 0.1) is 0 Å². The number of carbonyl (C=O) groups excluding carboxylic acids is 1. The van der Waals surface area contributed by atoms with E-state index in [1.165, 1.54) is 11.8 Å². The Morgan fingerprint density at radius 1 is 1.44 bits per heavy atom. The SMILES string of the molecule is C=CCSCC(=O)N1CCOc2c(O)cc(-c3cccnc3)cc2C1. The van der Waals surface area contributed by atoms with Crippen LogP contribution >= 0.6 is 11.8 Å². The first kappa shape index (κ1) is 17.4. The summed E-state index contributed by atoms with van der Waals surface area (Å²) in [6.07, 6.45) is 5.24. The monoisotopic (exact) mass is 356 g/mol. The minimum atomic E-state index is 0.0644. The van der Waals surface area contributed by atoms with Gasteiger partial charge in [0, 0.05) is 35.8 Å². The van der Waals surface area contributed by atoms with Gasteiger partial charge in [-0.05, 0) is 23.8 Å². The molecule has 5 nitrogen and oxygen atoms in total. The van der Waals surface area contributed by atoms with E-state index in [1.807, 2.05) is 18.2 Å². The van der Waals surface area contributed by atoms with Crippen LogP contribution in [0.4, 0.5) is 0 Å². The third-order valence-electron chi connectivity index (χ3n) is 3.92. The van der Waals surface area contributed by atoms with Crippen LogP contribution in [0.1, 0.15) is 5.56 Å². The molecule has 130 valence electrons. The number of carbonyl (C=O) groups is 1. The van der Waals surface area contributed by atoms with Gasteiger partial charge in [-0.3, -0.25) is 9.78 Å². The number of hydrogen-bond acceptors (Lipinski definition) is 5. The largest absolute Gasteiger partial charge is 0.504 e. The zero-order chi connectivity index (χ0) is 17.6. The quantitative estimate of drug-likeness (QED) is 0.659. The molecule has 0 bridgehead atoms. The Morgan fingerprint density at radius 2 is 2.32 bits per heavy atom. The van der Waals surface area contributed by atoms with Crippen LogP contribution in [0.15, 0.2) is 49.3 Å². The fourth-order valence-electron chi connectivity index (χ4n) is 2.73. The first-order valence-corrected chi connectivity index (χ1v) is 9.20. The molecule has 1 aromatic heterocycles. The molecule has 1 aliphatic rings. The number of aromatic hydroxyl groups is 1. The Morgan fingerprint density at radius 3 is 3.08 bits per heavy atom. The van der Waals surface area contributed by atoms with E-state index in [9.17, 15) is 9.90 Å². The maximum absolute atomic E-state index is 12.4. The van der Waals surface area contributed by atoms with Crippen LogP contribution in [-0.2, 0) is 11.3 Å². The van der Waals surface area contributed by atoms with Crippen LogP contribution in [-0.4, -0.2) is 45.6 Å². The molecule has 1 N–H and O–H groups in total. The molecule has 1 aromatic carbocycles. The third kappa shape index (κ3) is 4.14. The highest BCUT2D eigenvalue weighted by Crippen LogP contribution is 2.37. The molecule has 6 heteroatoms. The van der Waals surface area contributed by atoms with Crippen LogP contribution in [0.25, 0.3) is 11.1 Å². The summed E-state index contributed by atoms with van der Waals surface area (Å²) in [4.78, 5) is 18.3. The van der Waals surface area contributed by atoms with Crippen molar-refractivity contribution in [2.45, 2.75) is 6.54 Å². The molecule has 25 heavy (non-hydrogen) atoms. The van der Waals surface area contributed by atoms with Gasteiger partial charge in [-0.1, -0.05) is 12.1 Å². The highest BCUT2D eigenvalue weighted by atomic mass is 32.2. The van der Waals surface area contributed by atoms with Crippen molar-refractivity contribution < 1.29 is 14.6 Å². The van der Waals surface area contributed by atoms with Crippen molar-refractivity contribution in [2.24, 2.45) is 0 Å². The van der Waals surface area contributed by atoms with Gasteiger partial charge < -0.3 is 14.7 Å². The summed E-state index contributed by atoms with van der Waals surface area (Å²) >= 11 is 1.54. The molecule has 0 fully saturated rings. The maximum Gasteiger partial charge on any atom is 0.232 e. The van der Waals surface area contributed by atoms with Crippen LogP contribution in [0.5, 0.6) is 11.5 Å². The predicted octanol–water partition coefficient (Wildman–Crippen LogP) is 3.09. The molecule has 0 saturated heterocycles. The van der Waals surface area contributed by atoms with E-state index in [2.05, 4.69) is 11.6 Å². The zero-order valence-electron chi connectivity index (χ0n) is 13.9. The highest BCUT2D eigenvalue weighted by Gasteiger charge is 2.22. The van der Waals surface area contributed by atoms with E-state index in [0.717, 1.165) is 22.4 Å². The number of ether oxygens (including phenoxy) is 1. The molecule has 2 aromatic rings. The van der Waals surface area contributed by atoms with Gasteiger partial charge in [-0.2, -0.15) is 0 Å². The molecule has 3 rings (SSSR count). The molecule has 1 aliphatic heterocycles. The average molecular weight is 356 g/mol. The Labute approximate surface area is 151 Å². The number of rotatable bonds is 5. The van der Waals surface area contributed by atoms with E-state index < -0.39 is 0 Å². The lowest BCUT2D eigenvalue weighted by molar-refractivity contribution is -0.129. The highest BCUT2D eigenvalue weighted by molar-refractivity contribution is 8.00. The summed E-state index contributed by atoms with van der Waals surface area (Å²) in [6, 6.07) is 7.41. The van der Waals surface area contributed by atoms with Crippen molar-refractivity contribution in [2.75, 3.05) is 24.7 Å². The third-order valence-corrected chi connectivity index (χ3v) is 4.85. The Kier molecular flexibility index (Phi) is 5.60. The number of hydrogen-bond donors (Lipinski definition) is 1. The summed E-state index contributed by atoms with van der Waals surface area (Å²) in [7, 11) is 0. The van der Waals surface area contributed by atoms with Gasteiger partial charge in [0.1, 0.15) is 6.61 Å². The number of thioether (sulfide) groups is 1. The second kappa shape index (κ2) is 8.07. The molecule has 0 atom stereocenters. The van der Waals surface area contributed by atoms with E-state index in [-0.39, 0.29) is 11.7 Å². The van der Waals surface area contributed by atoms with Crippen LogP contribution < -0.4 is 4.74 Å². The fraction of sp³-hybridized carbons (Fsp3) is 0.263. The summed E-state index contributed by atoms with van der Waals surface area (Å²) in [6.45, 7) is 4.96. The fourth-order valence-corrected chi connectivity index (χ4v) is 3.37. The normalized spacial score (nSPS) is 13.5. The van der Waals surface area contributed by atoms with Gasteiger partial charge >= 0.3 is 0 Å². The second-order valence-electron chi connectivity index (χ2n) is 5.69. The molecular formula is C19H20N2O3S. The van der Waals surface area contributed by atoms with E-state index in [0.29, 0.717) is 31.2 Å². The van der Waals surface area contributed by atoms with Crippen molar-refractivity contribution in [1.29, 1.82) is 0 Å². The number of pyridine rings is 1. The molecule has 0 unspecified atom stereocenters. The number of aromatic nitrogens is 1. The first-order chi connectivity index (χ1) is 12.2. The van der Waals surface area contributed by atoms with Gasteiger partial charge in [-0.15, -0.1) is 18.3 Å². The molecule has 0 spiro atoms. The molecular weight excluding hydrogens is 336 g/mol. The minimum Gasteiger partial charge on any atom is -0.504 e. The zero-order valence-corrected chi connectivity index (χ0v) is 14.7. The summed E-state index contributed by atoms with van der Waals surface area (Å²) in [5.41, 5.74) is 2.56.